The van der Waals surface area contributed by atoms with Gasteiger partial charge in [0.15, 0.2) is 0 Å². The fraction of sp³-hybridized carbons (Fsp3) is 0.600. The van der Waals surface area contributed by atoms with Crippen LogP contribution in [0.3, 0.4) is 0 Å². The van der Waals surface area contributed by atoms with E-state index in [0.717, 1.165) is 13.0 Å². The van der Waals surface area contributed by atoms with Gasteiger partial charge in [-0.05, 0) is 61.8 Å². The molecule has 14 heteroatoms. The third kappa shape index (κ3) is 13.0. The van der Waals surface area contributed by atoms with Gasteiger partial charge >= 0.3 is 5.97 Å². The number of aromatic hydroxyl groups is 1. The average molecular weight is 619 g/mol. The minimum absolute atomic E-state index is 0.00262. The molecule has 1 aliphatic heterocycles. The average Bonchev–Trinajstić information content (AvgIpc) is 3.49. The van der Waals surface area contributed by atoms with E-state index in [4.69, 9.17) is 5.11 Å². The predicted octanol–water partition coefficient (Wildman–Crippen LogP) is -0.450. The minimum Gasteiger partial charge on any atom is -0.508 e. The van der Waals surface area contributed by atoms with Crippen LogP contribution in [0.2, 0.25) is 0 Å². The number of amides is 5. The van der Waals surface area contributed by atoms with Crippen molar-refractivity contribution < 1.29 is 39.0 Å². The Hall–Kier alpha value is -4.20. The first-order valence-electron chi connectivity index (χ1n) is 14.9. The van der Waals surface area contributed by atoms with Gasteiger partial charge < -0.3 is 42.1 Å². The van der Waals surface area contributed by atoms with E-state index in [1.54, 1.807) is 12.1 Å². The number of carboxylic acid groups (broad SMARTS) is 1. The molecule has 0 radical (unpaired) electrons. The Labute approximate surface area is 257 Å². The zero-order valence-electron chi connectivity index (χ0n) is 25.8. The van der Waals surface area contributed by atoms with Crippen molar-refractivity contribution >= 4 is 35.5 Å². The first-order chi connectivity index (χ1) is 20.7. The third-order valence-corrected chi connectivity index (χ3v) is 6.92. The summed E-state index contributed by atoms with van der Waals surface area (Å²) < 4.78 is 0. The molecule has 0 saturated carbocycles. The molecule has 1 fully saturated rings. The normalized spacial score (nSPS) is 16.5. The largest absolute Gasteiger partial charge is 0.508 e. The lowest BCUT2D eigenvalue weighted by Gasteiger charge is -2.25. The first-order valence-corrected chi connectivity index (χ1v) is 14.9. The van der Waals surface area contributed by atoms with Gasteiger partial charge in [0.2, 0.25) is 29.5 Å². The molecule has 1 aromatic carbocycles. The van der Waals surface area contributed by atoms with Gasteiger partial charge in [0, 0.05) is 6.42 Å². The summed E-state index contributed by atoms with van der Waals surface area (Å²) in [6.45, 7) is 7.12. The molecule has 2 rings (SSSR count). The van der Waals surface area contributed by atoms with Crippen molar-refractivity contribution in [3.05, 3.63) is 29.8 Å². The molecule has 14 nitrogen and oxygen atoms in total. The highest BCUT2D eigenvalue weighted by Gasteiger charge is 2.30. The monoisotopic (exact) mass is 618 g/mol. The lowest BCUT2D eigenvalue weighted by atomic mass is 10.0. The number of nitrogens with one attached hydrogen (secondary N) is 6. The topological polar surface area (TPSA) is 215 Å². The molecule has 1 saturated heterocycles. The van der Waals surface area contributed by atoms with Crippen LogP contribution >= 0.6 is 0 Å². The number of phenolic OH excluding ortho intramolecular Hbond substituents is 1. The van der Waals surface area contributed by atoms with E-state index in [1.165, 1.54) is 12.1 Å². The van der Waals surface area contributed by atoms with E-state index in [1.807, 2.05) is 27.7 Å². The number of aliphatic carboxylic acids is 1. The smallest absolute Gasteiger partial charge is 0.322 e. The van der Waals surface area contributed by atoms with Gasteiger partial charge in [0.05, 0.1) is 12.6 Å². The molecule has 8 N–H and O–H groups in total. The van der Waals surface area contributed by atoms with Crippen LogP contribution in [0.5, 0.6) is 5.75 Å². The van der Waals surface area contributed by atoms with E-state index >= 15 is 0 Å². The van der Waals surface area contributed by atoms with Crippen molar-refractivity contribution in [3.8, 4) is 5.75 Å². The number of hydrogen-bond donors (Lipinski definition) is 8. The molecule has 0 aromatic heterocycles. The number of carbonyl (C=O) groups excluding carboxylic acids is 5. The van der Waals surface area contributed by atoms with Crippen LogP contribution in [0.15, 0.2) is 24.3 Å². The van der Waals surface area contributed by atoms with Crippen molar-refractivity contribution in [1.29, 1.82) is 0 Å². The number of carboxylic acids is 1. The van der Waals surface area contributed by atoms with Gasteiger partial charge in [-0.15, -0.1) is 0 Å². The van der Waals surface area contributed by atoms with E-state index < -0.39 is 60.8 Å². The highest BCUT2D eigenvalue weighted by Crippen LogP contribution is 2.13. The lowest BCUT2D eigenvalue weighted by Crippen LogP contribution is -2.56. The van der Waals surface area contributed by atoms with Crippen molar-refractivity contribution in [3.63, 3.8) is 0 Å². The second kappa shape index (κ2) is 17.8. The zero-order valence-corrected chi connectivity index (χ0v) is 25.8. The quantitative estimate of drug-likeness (QED) is 0.113. The van der Waals surface area contributed by atoms with Gasteiger partial charge in [-0.1, -0.05) is 39.8 Å². The van der Waals surface area contributed by atoms with E-state index in [2.05, 4.69) is 31.9 Å². The van der Waals surface area contributed by atoms with Crippen molar-refractivity contribution in [1.82, 2.24) is 31.9 Å². The van der Waals surface area contributed by atoms with Gasteiger partial charge in [-0.25, -0.2) is 0 Å². The molecule has 1 heterocycles. The molecule has 244 valence electrons. The van der Waals surface area contributed by atoms with E-state index in [9.17, 15) is 33.9 Å². The summed E-state index contributed by atoms with van der Waals surface area (Å²) in [5.41, 5.74) is 0.600. The van der Waals surface area contributed by atoms with Crippen LogP contribution in [-0.2, 0) is 35.2 Å². The van der Waals surface area contributed by atoms with Crippen LogP contribution in [0, 0.1) is 11.8 Å². The maximum Gasteiger partial charge on any atom is 0.322 e. The number of carbonyl (C=O) groups is 6. The SMILES string of the molecule is CC(C)C[C@H](NC(=O)[C@@H]1CCCN1)C(=O)NCC(=O)N[C@@H](Cc1ccc(O)cc1)C(=O)N[C@@H](CC(C)C)C(=O)NCC(=O)O. The maximum atomic E-state index is 13.4. The standard InChI is InChI=1S/C30H46N6O8/c1-17(2)12-22(35-29(43)21-6-5-11-31-21)27(41)32-15-25(38)34-24(14-19-7-9-20(37)10-8-19)30(44)36-23(13-18(3)4)28(42)33-16-26(39)40/h7-10,17-18,21-24,31,37H,5-6,11-16H2,1-4H3,(H,32,41)(H,33,42)(H,34,38)(H,35,43)(H,36,44)(H,39,40)/t21-,22-,23-,24-/m0/s1. The summed E-state index contributed by atoms with van der Waals surface area (Å²) in [6.07, 6.45) is 2.11. The molecule has 44 heavy (non-hydrogen) atoms. The highest BCUT2D eigenvalue weighted by molar-refractivity contribution is 5.95. The van der Waals surface area contributed by atoms with Crippen LogP contribution < -0.4 is 31.9 Å². The first kappa shape index (κ1) is 36.0. The summed E-state index contributed by atoms with van der Waals surface area (Å²) in [7, 11) is 0. The Morgan fingerprint density at radius 1 is 0.795 bits per heavy atom. The fourth-order valence-corrected chi connectivity index (χ4v) is 4.76. The summed E-state index contributed by atoms with van der Waals surface area (Å²) in [6, 6.07) is 2.55. The predicted molar refractivity (Wildman–Crippen MR) is 161 cm³/mol. The molecular weight excluding hydrogens is 572 g/mol. The Bertz CT molecular complexity index is 1150. The third-order valence-electron chi connectivity index (χ3n) is 6.92. The molecule has 0 bridgehead atoms. The maximum absolute atomic E-state index is 13.4. The Morgan fingerprint density at radius 3 is 1.89 bits per heavy atom. The molecule has 0 spiro atoms. The van der Waals surface area contributed by atoms with Crippen LogP contribution in [0.1, 0.15) is 58.9 Å². The molecule has 1 aromatic rings. The van der Waals surface area contributed by atoms with Gasteiger partial charge in [-0.2, -0.15) is 0 Å². The van der Waals surface area contributed by atoms with Crippen LogP contribution in [0.4, 0.5) is 0 Å². The highest BCUT2D eigenvalue weighted by atomic mass is 16.4. The molecule has 0 aliphatic carbocycles. The van der Waals surface area contributed by atoms with Gasteiger partial charge in [0.1, 0.15) is 30.4 Å². The molecule has 1 aliphatic rings. The van der Waals surface area contributed by atoms with Crippen molar-refractivity contribution in [2.24, 2.45) is 11.8 Å². The van der Waals surface area contributed by atoms with E-state index in [-0.39, 0.29) is 42.4 Å². The Kier molecular flexibility index (Phi) is 14.6. The summed E-state index contributed by atoms with van der Waals surface area (Å²) >= 11 is 0. The molecular formula is C30H46N6O8. The Balaban J connectivity index is 2.12. The molecule has 5 amide bonds. The summed E-state index contributed by atoms with van der Waals surface area (Å²) in [4.78, 5) is 75.5. The van der Waals surface area contributed by atoms with Crippen molar-refractivity contribution in [2.75, 3.05) is 19.6 Å². The lowest BCUT2D eigenvalue weighted by molar-refractivity contribution is -0.138. The summed E-state index contributed by atoms with van der Waals surface area (Å²) in [5, 5.41) is 34.4. The summed E-state index contributed by atoms with van der Waals surface area (Å²) in [5.74, 6) is -4.03. The zero-order chi connectivity index (χ0) is 32.8. The molecule has 0 unspecified atom stereocenters. The van der Waals surface area contributed by atoms with Gasteiger partial charge in [-0.3, -0.25) is 28.8 Å². The van der Waals surface area contributed by atoms with E-state index in [0.29, 0.717) is 18.4 Å². The molecule has 4 atom stereocenters. The van der Waals surface area contributed by atoms with Gasteiger partial charge in [0.25, 0.3) is 0 Å². The fourth-order valence-electron chi connectivity index (χ4n) is 4.76. The number of benzene rings is 1. The van der Waals surface area contributed by atoms with Crippen molar-refractivity contribution in [2.45, 2.75) is 84.0 Å². The minimum atomic E-state index is -1.24. The number of rotatable bonds is 17. The van der Waals surface area contributed by atoms with Crippen LogP contribution in [0.25, 0.3) is 0 Å². The number of phenols is 1. The second-order valence-electron chi connectivity index (χ2n) is 11.9. The second-order valence-corrected chi connectivity index (χ2v) is 11.9. The number of hydrogen-bond acceptors (Lipinski definition) is 8. The Morgan fingerprint density at radius 2 is 1.36 bits per heavy atom. The van der Waals surface area contributed by atoms with Crippen LogP contribution in [-0.4, -0.2) is 89.5 Å².